The number of carbonyl (C=O) groups is 1. The van der Waals surface area contributed by atoms with Crippen molar-refractivity contribution in [2.75, 3.05) is 0 Å². The third kappa shape index (κ3) is 3.31. The van der Waals surface area contributed by atoms with Gasteiger partial charge in [-0.15, -0.1) is 0 Å². The fourth-order valence-electron chi connectivity index (χ4n) is 5.41. The number of nitrogens with one attached hydrogen (secondary N) is 1. The minimum atomic E-state index is -0.113. The maximum Gasteiger partial charge on any atom is 0.165 e. The third-order valence-electron chi connectivity index (χ3n) is 6.82. The molecular formula is C30H25ClN2O. The maximum atomic E-state index is 13.8. The SMILES string of the molecule is CC1(C)CC(=O)c2c(-c3c[nH]c4ccccc34)c(-c3ccccc3)n(-c3ccc(Cl)cc3)c2C1. The van der Waals surface area contributed by atoms with Gasteiger partial charge in [0.2, 0.25) is 0 Å². The van der Waals surface area contributed by atoms with E-state index in [0.29, 0.717) is 11.4 Å². The van der Waals surface area contributed by atoms with Crippen LogP contribution in [-0.2, 0) is 6.42 Å². The Balaban J connectivity index is 1.79. The van der Waals surface area contributed by atoms with E-state index in [1.165, 1.54) is 0 Å². The molecule has 168 valence electrons. The fourth-order valence-corrected chi connectivity index (χ4v) is 5.54. The van der Waals surface area contributed by atoms with Crippen LogP contribution >= 0.6 is 11.6 Å². The summed E-state index contributed by atoms with van der Waals surface area (Å²) in [5.74, 6) is 0.205. The van der Waals surface area contributed by atoms with E-state index in [1.54, 1.807) is 0 Å². The predicted molar refractivity (Wildman–Crippen MR) is 140 cm³/mol. The molecule has 4 heteroatoms. The molecule has 0 aliphatic heterocycles. The number of para-hydroxylation sites is 1. The lowest BCUT2D eigenvalue weighted by Gasteiger charge is -2.30. The highest BCUT2D eigenvalue weighted by Gasteiger charge is 2.39. The molecule has 0 spiro atoms. The normalized spacial score (nSPS) is 15.0. The minimum Gasteiger partial charge on any atom is -0.361 e. The molecule has 3 nitrogen and oxygen atoms in total. The first-order chi connectivity index (χ1) is 16.4. The van der Waals surface area contributed by atoms with Crippen LogP contribution in [0.1, 0.15) is 36.3 Å². The van der Waals surface area contributed by atoms with Gasteiger partial charge in [-0.05, 0) is 47.7 Å². The van der Waals surface area contributed by atoms with Crippen molar-refractivity contribution in [2.45, 2.75) is 26.7 Å². The molecule has 3 aromatic carbocycles. The minimum absolute atomic E-state index is 0.113. The van der Waals surface area contributed by atoms with Gasteiger partial charge in [-0.1, -0.05) is 74.0 Å². The molecule has 0 atom stereocenters. The molecule has 0 amide bonds. The van der Waals surface area contributed by atoms with Crippen molar-refractivity contribution in [2.24, 2.45) is 5.41 Å². The number of aromatic amines is 1. The van der Waals surface area contributed by atoms with Crippen LogP contribution in [0, 0.1) is 5.41 Å². The smallest absolute Gasteiger partial charge is 0.165 e. The van der Waals surface area contributed by atoms with Crippen LogP contribution in [0.3, 0.4) is 0 Å². The Labute approximate surface area is 204 Å². The first kappa shape index (κ1) is 21.0. The number of carbonyl (C=O) groups excluding carboxylic acids is 1. The first-order valence-corrected chi connectivity index (χ1v) is 12.0. The van der Waals surface area contributed by atoms with E-state index in [4.69, 9.17) is 11.6 Å². The standard InChI is InChI=1S/C30H25ClN2O/c1-30(2)16-25-28(26(34)17-30)27(23-18-32-24-11-7-6-10-22(23)24)29(19-8-4-3-5-9-19)33(25)21-14-12-20(31)13-15-21/h3-15,18,32H,16-17H2,1-2H3. The summed E-state index contributed by atoms with van der Waals surface area (Å²) in [5.41, 5.74) is 8.07. The van der Waals surface area contributed by atoms with Gasteiger partial charge in [-0.25, -0.2) is 0 Å². The van der Waals surface area contributed by atoms with E-state index in [1.807, 2.05) is 42.6 Å². The van der Waals surface area contributed by atoms with Crippen LogP contribution in [0.2, 0.25) is 5.02 Å². The molecule has 0 radical (unpaired) electrons. The van der Waals surface area contributed by atoms with E-state index in [-0.39, 0.29) is 11.2 Å². The lowest BCUT2D eigenvalue weighted by atomic mass is 9.75. The molecule has 5 aromatic rings. The van der Waals surface area contributed by atoms with Crippen molar-refractivity contribution < 1.29 is 4.79 Å². The lowest BCUT2D eigenvalue weighted by Crippen LogP contribution is -2.28. The predicted octanol–water partition coefficient (Wildman–Crippen LogP) is 8.10. The largest absolute Gasteiger partial charge is 0.361 e. The van der Waals surface area contributed by atoms with Gasteiger partial charge in [-0.3, -0.25) is 4.79 Å². The molecule has 2 aromatic heterocycles. The van der Waals surface area contributed by atoms with Gasteiger partial charge in [0.25, 0.3) is 0 Å². The zero-order chi connectivity index (χ0) is 23.4. The lowest BCUT2D eigenvalue weighted by molar-refractivity contribution is 0.0911. The van der Waals surface area contributed by atoms with Gasteiger partial charge in [0, 0.05) is 56.6 Å². The summed E-state index contributed by atoms with van der Waals surface area (Å²) in [5, 5.41) is 1.81. The highest BCUT2D eigenvalue weighted by molar-refractivity contribution is 6.30. The monoisotopic (exact) mass is 464 g/mol. The first-order valence-electron chi connectivity index (χ1n) is 11.6. The second-order valence-corrected chi connectivity index (χ2v) is 10.3. The van der Waals surface area contributed by atoms with Crippen LogP contribution in [0.5, 0.6) is 0 Å². The molecule has 0 saturated carbocycles. The molecule has 0 unspecified atom stereocenters. The summed E-state index contributed by atoms with van der Waals surface area (Å²) < 4.78 is 2.29. The van der Waals surface area contributed by atoms with Crippen molar-refractivity contribution in [1.82, 2.24) is 9.55 Å². The summed E-state index contributed by atoms with van der Waals surface area (Å²) in [6.07, 6.45) is 3.40. The van der Waals surface area contributed by atoms with Crippen molar-refractivity contribution >= 4 is 28.3 Å². The molecule has 1 N–H and O–H groups in total. The van der Waals surface area contributed by atoms with Gasteiger partial charge < -0.3 is 9.55 Å². The van der Waals surface area contributed by atoms with Gasteiger partial charge in [-0.2, -0.15) is 0 Å². The van der Waals surface area contributed by atoms with E-state index in [9.17, 15) is 4.79 Å². The van der Waals surface area contributed by atoms with Crippen molar-refractivity contribution in [3.63, 3.8) is 0 Å². The zero-order valence-electron chi connectivity index (χ0n) is 19.2. The molecular weight excluding hydrogens is 440 g/mol. The topological polar surface area (TPSA) is 37.8 Å². The van der Waals surface area contributed by atoms with Gasteiger partial charge in [0.05, 0.1) is 5.69 Å². The maximum absolute atomic E-state index is 13.8. The van der Waals surface area contributed by atoms with Gasteiger partial charge >= 0.3 is 0 Å². The summed E-state index contributed by atoms with van der Waals surface area (Å²) in [4.78, 5) is 17.2. The summed E-state index contributed by atoms with van der Waals surface area (Å²) in [7, 11) is 0. The highest BCUT2D eigenvalue weighted by atomic mass is 35.5. The second-order valence-electron chi connectivity index (χ2n) is 9.91. The summed E-state index contributed by atoms with van der Waals surface area (Å²) >= 11 is 6.25. The van der Waals surface area contributed by atoms with E-state index < -0.39 is 0 Å². The number of hydrogen-bond acceptors (Lipinski definition) is 1. The van der Waals surface area contributed by atoms with Crippen molar-refractivity contribution in [1.29, 1.82) is 0 Å². The van der Waals surface area contributed by atoms with Crippen LogP contribution < -0.4 is 0 Å². The number of ketones is 1. The van der Waals surface area contributed by atoms with E-state index in [0.717, 1.165) is 56.7 Å². The number of halogens is 1. The van der Waals surface area contributed by atoms with Crippen molar-refractivity contribution in [3.05, 3.63) is 101 Å². The molecule has 1 aliphatic carbocycles. The van der Waals surface area contributed by atoms with Gasteiger partial charge in [0.15, 0.2) is 5.78 Å². The quantitative estimate of drug-likeness (QED) is 0.287. The molecule has 0 bridgehead atoms. The Morgan fingerprint density at radius 1 is 0.853 bits per heavy atom. The van der Waals surface area contributed by atoms with Crippen LogP contribution in [0.25, 0.3) is 39.0 Å². The number of benzene rings is 3. The number of rotatable bonds is 3. The van der Waals surface area contributed by atoms with Crippen LogP contribution in [-0.4, -0.2) is 15.3 Å². The Bertz CT molecular complexity index is 1540. The van der Waals surface area contributed by atoms with Crippen LogP contribution in [0.4, 0.5) is 0 Å². The Kier molecular flexibility index (Phi) is 4.79. The molecule has 1 aliphatic rings. The number of fused-ring (bicyclic) bond motifs is 2. The average Bonchev–Trinajstić information content (AvgIpc) is 3.38. The number of aromatic nitrogens is 2. The Hall–Kier alpha value is -3.56. The number of hydrogen-bond donors (Lipinski definition) is 1. The average molecular weight is 465 g/mol. The van der Waals surface area contributed by atoms with Gasteiger partial charge in [0.1, 0.15) is 0 Å². The number of H-pyrrole nitrogens is 1. The summed E-state index contributed by atoms with van der Waals surface area (Å²) in [6.45, 7) is 4.36. The molecule has 0 fully saturated rings. The van der Waals surface area contributed by atoms with Crippen molar-refractivity contribution in [3.8, 4) is 28.1 Å². The Morgan fingerprint density at radius 3 is 2.32 bits per heavy atom. The molecule has 34 heavy (non-hydrogen) atoms. The Morgan fingerprint density at radius 2 is 1.56 bits per heavy atom. The third-order valence-corrected chi connectivity index (χ3v) is 7.08. The van der Waals surface area contributed by atoms with Crippen LogP contribution in [0.15, 0.2) is 85.1 Å². The molecule has 0 saturated heterocycles. The summed E-state index contributed by atoms with van der Waals surface area (Å²) in [6, 6.07) is 26.6. The fraction of sp³-hybridized carbons (Fsp3) is 0.167. The molecule has 6 rings (SSSR count). The second kappa shape index (κ2) is 7.75. The zero-order valence-corrected chi connectivity index (χ0v) is 20.0. The highest BCUT2D eigenvalue weighted by Crippen LogP contribution is 2.48. The number of Topliss-reactive ketones (excluding diaryl/α,β-unsaturated/α-hetero) is 1. The van der Waals surface area contributed by atoms with E-state index in [2.05, 4.69) is 65.9 Å². The molecule has 2 heterocycles. The van der Waals surface area contributed by atoms with E-state index >= 15 is 0 Å². The number of nitrogens with zero attached hydrogens (tertiary/aromatic N) is 1.